The summed E-state index contributed by atoms with van der Waals surface area (Å²) in [4.78, 5) is 0. The second kappa shape index (κ2) is 2.63. The Balaban J connectivity index is 2.03. The number of rotatable bonds is 2. The average molecular weight is 166 g/mol. The average Bonchev–Trinajstić information content (AvgIpc) is 2.32. The molecule has 2 heterocycles. The topological polar surface area (TPSA) is 22.4 Å². The zero-order valence-corrected chi connectivity index (χ0v) is 7.59. The third kappa shape index (κ3) is 1.39. The summed E-state index contributed by atoms with van der Waals surface area (Å²) < 4.78 is 10.7. The van der Waals surface area contributed by atoms with Crippen LogP contribution in [0.2, 0.25) is 0 Å². The van der Waals surface area contributed by atoms with E-state index in [1.165, 1.54) is 0 Å². The van der Waals surface area contributed by atoms with Crippen LogP contribution in [-0.2, 0) is 11.2 Å². The second-order valence-electron chi connectivity index (χ2n) is 3.99. The lowest BCUT2D eigenvalue weighted by molar-refractivity contribution is -0.103. The van der Waals surface area contributed by atoms with Gasteiger partial charge in [0.25, 0.3) is 0 Å². The van der Waals surface area contributed by atoms with Crippen LogP contribution in [0.15, 0.2) is 16.5 Å². The zero-order chi connectivity index (χ0) is 8.60. The lowest BCUT2D eigenvalue weighted by Crippen LogP contribution is -2.41. The highest BCUT2D eigenvalue weighted by Gasteiger charge is 2.34. The minimum absolute atomic E-state index is 0.324. The largest absolute Gasteiger partial charge is 0.466 e. The van der Waals surface area contributed by atoms with Crippen molar-refractivity contribution in [2.75, 3.05) is 13.2 Å². The van der Waals surface area contributed by atoms with Gasteiger partial charge >= 0.3 is 0 Å². The molecule has 0 amide bonds. The highest BCUT2D eigenvalue weighted by atomic mass is 16.5. The molecule has 0 aromatic carbocycles. The first-order chi connectivity index (χ1) is 5.68. The smallest absolute Gasteiger partial charge is 0.104 e. The van der Waals surface area contributed by atoms with E-state index in [-0.39, 0.29) is 0 Å². The number of hydrogen-bond donors (Lipinski definition) is 0. The molecule has 2 heteroatoms. The van der Waals surface area contributed by atoms with Crippen molar-refractivity contribution in [1.82, 2.24) is 0 Å². The highest BCUT2D eigenvalue weighted by Crippen LogP contribution is 2.31. The Morgan fingerprint density at radius 3 is 2.58 bits per heavy atom. The van der Waals surface area contributed by atoms with Gasteiger partial charge in [-0.1, -0.05) is 6.92 Å². The van der Waals surface area contributed by atoms with Crippen molar-refractivity contribution in [3.63, 3.8) is 0 Å². The fraction of sp³-hybridized carbons (Fsp3) is 0.600. The van der Waals surface area contributed by atoms with Crippen molar-refractivity contribution in [2.24, 2.45) is 5.41 Å². The molecule has 0 unspecified atom stereocenters. The van der Waals surface area contributed by atoms with Gasteiger partial charge in [0.15, 0.2) is 0 Å². The fourth-order valence-electron chi connectivity index (χ4n) is 1.55. The molecule has 0 N–H and O–H groups in total. The number of ether oxygens (including phenoxy) is 1. The van der Waals surface area contributed by atoms with Crippen molar-refractivity contribution in [3.05, 3.63) is 23.7 Å². The molecule has 0 radical (unpaired) electrons. The van der Waals surface area contributed by atoms with Crippen LogP contribution in [0, 0.1) is 12.3 Å². The molecule has 1 fully saturated rings. The summed E-state index contributed by atoms with van der Waals surface area (Å²) in [5.74, 6) is 2.08. The molecule has 12 heavy (non-hydrogen) atoms. The van der Waals surface area contributed by atoms with Gasteiger partial charge in [0.1, 0.15) is 11.5 Å². The molecule has 0 atom stereocenters. The summed E-state index contributed by atoms with van der Waals surface area (Å²) in [6.45, 7) is 5.94. The Labute approximate surface area is 72.5 Å². The minimum atomic E-state index is 0.324. The number of aryl methyl sites for hydroxylation is 1. The first kappa shape index (κ1) is 7.87. The number of hydrogen-bond acceptors (Lipinski definition) is 2. The minimum Gasteiger partial charge on any atom is -0.466 e. The zero-order valence-electron chi connectivity index (χ0n) is 7.59. The molecule has 0 spiro atoms. The molecular formula is C10H14O2. The van der Waals surface area contributed by atoms with Gasteiger partial charge in [0.2, 0.25) is 0 Å². The van der Waals surface area contributed by atoms with Crippen LogP contribution in [0.3, 0.4) is 0 Å². The third-order valence-corrected chi connectivity index (χ3v) is 2.30. The molecule has 1 aliphatic heterocycles. The Kier molecular flexibility index (Phi) is 1.72. The molecule has 1 aliphatic rings. The monoisotopic (exact) mass is 166 g/mol. The predicted octanol–water partition coefficient (Wildman–Crippen LogP) is 2.17. The van der Waals surface area contributed by atoms with Gasteiger partial charge in [0, 0.05) is 11.8 Å². The standard InChI is InChI=1S/C10H14O2/c1-8-3-4-9(12-8)5-10(2)6-11-7-10/h3-4H,5-7H2,1-2H3. The summed E-state index contributed by atoms with van der Waals surface area (Å²) in [6.07, 6.45) is 1.00. The van der Waals surface area contributed by atoms with E-state index in [9.17, 15) is 0 Å². The van der Waals surface area contributed by atoms with Gasteiger partial charge in [-0.05, 0) is 19.1 Å². The Hall–Kier alpha value is -0.760. The lowest BCUT2D eigenvalue weighted by atomic mass is 9.84. The molecule has 1 aromatic heterocycles. The highest BCUT2D eigenvalue weighted by molar-refractivity contribution is 5.08. The Morgan fingerprint density at radius 1 is 1.42 bits per heavy atom. The lowest BCUT2D eigenvalue weighted by Gasteiger charge is -2.37. The summed E-state index contributed by atoms with van der Waals surface area (Å²) in [5.41, 5.74) is 0.324. The van der Waals surface area contributed by atoms with Gasteiger partial charge < -0.3 is 9.15 Å². The maximum absolute atomic E-state index is 5.50. The van der Waals surface area contributed by atoms with Gasteiger partial charge in [-0.2, -0.15) is 0 Å². The van der Waals surface area contributed by atoms with Crippen molar-refractivity contribution >= 4 is 0 Å². The van der Waals surface area contributed by atoms with E-state index < -0.39 is 0 Å². The van der Waals surface area contributed by atoms with E-state index in [0.717, 1.165) is 31.2 Å². The number of furan rings is 1. The van der Waals surface area contributed by atoms with E-state index in [4.69, 9.17) is 9.15 Å². The fourth-order valence-corrected chi connectivity index (χ4v) is 1.55. The summed E-state index contributed by atoms with van der Waals surface area (Å²) in [5, 5.41) is 0. The van der Waals surface area contributed by atoms with Crippen molar-refractivity contribution < 1.29 is 9.15 Å². The molecule has 2 nitrogen and oxygen atoms in total. The molecule has 66 valence electrons. The van der Waals surface area contributed by atoms with Crippen molar-refractivity contribution in [3.8, 4) is 0 Å². The molecule has 1 saturated heterocycles. The van der Waals surface area contributed by atoms with E-state index in [0.29, 0.717) is 5.41 Å². The Morgan fingerprint density at radius 2 is 2.17 bits per heavy atom. The maximum Gasteiger partial charge on any atom is 0.104 e. The van der Waals surface area contributed by atoms with E-state index >= 15 is 0 Å². The first-order valence-electron chi connectivity index (χ1n) is 4.31. The van der Waals surface area contributed by atoms with Crippen LogP contribution >= 0.6 is 0 Å². The SMILES string of the molecule is Cc1ccc(CC2(C)COC2)o1. The molecule has 0 bridgehead atoms. The van der Waals surface area contributed by atoms with E-state index in [1.807, 2.05) is 13.0 Å². The van der Waals surface area contributed by atoms with Crippen LogP contribution in [0.1, 0.15) is 18.4 Å². The molecule has 0 saturated carbocycles. The normalized spacial score (nSPS) is 20.5. The molecule has 1 aromatic rings. The second-order valence-corrected chi connectivity index (χ2v) is 3.99. The van der Waals surface area contributed by atoms with Gasteiger partial charge in [-0.3, -0.25) is 0 Å². The van der Waals surface area contributed by atoms with Gasteiger partial charge in [-0.25, -0.2) is 0 Å². The van der Waals surface area contributed by atoms with E-state index in [2.05, 4.69) is 13.0 Å². The Bertz CT molecular complexity index is 271. The molecule has 0 aliphatic carbocycles. The summed E-state index contributed by atoms with van der Waals surface area (Å²) in [7, 11) is 0. The van der Waals surface area contributed by atoms with Gasteiger partial charge in [0.05, 0.1) is 13.2 Å². The quantitative estimate of drug-likeness (QED) is 0.671. The van der Waals surface area contributed by atoms with E-state index in [1.54, 1.807) is 0 Å². The van der Waals surface area contributed by atoms with Crippen molar-refractivity contribution in [1.29, 1.82) is 0 Å². The van der Waals surface area contributed by atoms with Crippen LogP contribution in [-0.4, -0.2) is 13.2 Å². The third-order valence-electron chi connectivity index (χ3n) is 2.30. The van der Waals surface area contributed by atoms with Gasteiger partial charge in [-0.15, -0.1) is 0 Å². The van der Waals surface area contributed by atoms with Crippen LogP contribution in [0.25, 0.3) is 0 Å². The van der Waals surface area contributed by atoms with Crippen LogP contribution in [0.4, 0.5) is 0 Å². The van der Waals surface area contributed by atoms with Crippen molar-refractivity contribution in [2.45, 2.75) is 20.3 Å². The molecule has 2 rings (SSSR count). The summed E-state index contributed by atoms with van der Waals surface area (Å²) in [6, 6.07) is 4.07. The summed E-state index contributed by atoms with van der Waals surface area (Å²) >= 11 is 0. The molecular weight excluding hydrogens is 152 g/mol. The van der Waals surface area contributed by atoms with Crippen LogP contribution < -0.4 is 0 Å². The first-order valence-corrected chi connectivity index (χ1v) is 4.31. The predicted molar refractivity (Wildman–Crippen MR) is 46.1 cm³/mol. The van der Waals surface area contributed by atoms with Crippen LogP contribution in [0.5, 0.6) is 0 Å². The maximum atomic E-state index is 5.50.